The first-order chi connectivity index (χ1) is 22.4. The fourth-order valence-corrected chi connectivity index (χ4v) is 4.71. The largest absolute Gasteiger partial charge is 0.460 e. The second-order valence-corrected chi connectivity index (χ2v) is 13.7. The van der Waals surface area contributed by atoms with E-state index < -0.39 is 59.6 Å². The van der Waals surface area contributed by atoms with Crippen molar-refractivity contribution >= 4 is 29.7 Å². The zero-order chi connectivity index (χ0) is 36.1. The molecule has 0 saturated carbocycles. The Morgan fingerprint density at radius 2 is 1.35 bits per heavy atom. The number of ether oxygens (including phenoxy) is 2. The van der Waals surface area contributed by atoms with Crippen LogP contribution < -0.4 is 16.0 Å². The average Bonchev–Trinajstić information content (AvgIpc) is 2.99. The summed E-state index contributed by atoms with van der Waals surface area (Å²) in [7, 11) is 0. The van der Waals surface area contributed by atoms with Gasteiger partial charge in [0.1, 0.15) is 23.9 Å². The van der Waals surface area contributed by atoms with Crippen LogP contribution in [-0.2, 0) is 30.3 Å². The van der Waals surface area contributed by atoms with E-state index in [4.69, 9.17) is 14.6 Å². The van der Waals surface area contributed by atoms with E-state index >= 15 is 0 Å². The fourth-order valence-electron chi connectivity index (χ4n) is 4.71. The number of carbonyl (C=O) groups is 5. The topological polar surface area (TPSA) is 180 Å². The third-order valence-corrected chi connectivity index (χ3v) is 7.02. The second-order valence-electron chi connectivity index (χ2n) is 13.7. The van der Waals surface area contributed by atoms with Gasteiger partial charge in [-0.15, -0.1) is 0 Å². The minimum atomic E-state index is -1.21. The maximum Gasteiger partial charge on any atom is 0.407 e. The van der Waals surface area contributed by atoms with E-state index in [-0.39, 0.29) is 12.3 Å². The molecule has 5 N–H and O–H groups in total. The number of hydrogen-bond acceptors (Lipinski definition) is 9. The summed E-state index contributed by atoms with van der Waals surface area (Å²) in [5.74, 6) is -2.58. The molecule has 0 spiro atoms. The number of alkyl carbamates (subject to hydrolysis) is 1. The molecule has 3 amide bonds. The van der Waals surface area contributed by atoms with Crippen molar-refractivity contribution in [2.75, 3.05) is 19.7 Å². The normalized spacial score (nSPS) is 13.4. The molecule has 12 nitrogen and oxygen atoms in total. The average molecular weight is 670 g/mol. The van der Waals surface area contributed by atoms with Crippen molar-refractivity contribution in [2.24, 2.45) is 5.92 Å². The standard InChI is InChI=1S/C36H51N3O9/c1-23(41)31(29(42)22-40)39-33(45)27-16-14-26(15-17-27)25-12-10-24(11-13-25)18-20-37-32(44)28(21-30(43)47-35(2,3)4)9-8-19-38-34(46)48-36(5,6)7/h10-17,23,28,31,40-41H,8-9,18-22H2,1-7H3,(H,37,44)(H,38,46)(H,39,45)/t23-,28-,31+/m1/s1. The van der Waals surface area contributed by atoms with E-state index in [0.717, 1.165) is 16.7 Å². The Hall–Kier alpha value is -4.29. The van der Waals surface area contributed by atoms with Crippen molar-refractivity contribution in [3.05, 3.63) is 59.7 Å². The molecule has 0 unspecified atom stereocenters. The van der Waals surface area contributed by atoms with Crippen LogP contribution in [-0.4, -0.2) is 82.9 Å². The number of ketones is 1. The lowest BCUT2D eigenvalue weighted by atomic mass is 9.97. The quantitative estimate of drug-likeness (QED) is 0.132. The molecule has 2 aromatic rings. The Labute approximate surface area is 283 Å². The molecule has 12 heteroatoms. The Morgan fingerprint density at radius 3 is 1.88 bits per heavy atom. The molecule has 0 heterocycles. The van der Waals surface area contributed by atoms with Gasteiger partial charge >= 0.3 is 12.1 Å². The summed E-state index contributed by atoms with van der Waals surface area (Å²) < 4.78 is 10.7. The number of rotatable bonds is 16. The smallest absolute Gasteiger partial charge is 0.407 e. The third-order valence-electron chi connectivity index (χ3n) is 7.02. The number of aliphatic hydroxyl groups is 2. The van der Waals surface area contributed by atoms with E-state index in [9.17, 15) is 29.1 Å². The van der Waals surface area contributed by atoms with Crippen molar-refractivity contribution in [2.45, 2.75) is 97.5 Å². The molecule has 0 bridgehead atoms. The van der Waals surface area contributed by atoms with Gasteiger partial charge in [-0.1, -0.05) is 36.4 Å². The van der Waals surface area contributed by atoms with Crippen LogP contribution in [0.3, 0.4) is 0 Å². The van der Waals surface area contributed by atoms with E-state index in [2.05, 4.69) is 16.0 Å². The highest BCUT2D eigenvalue weighted by atomic mass is 16.6. The zero-order valence-electron chi connectivity index (χ0n) is 29.1. The molecule has 0 aliphatic carbocycles. The van der Waals surface area contributed by atoms with Crippen molar-refractivity contribution in [3.63, 3.8) is 0 Å². The van der Waals surface area contributed by atoms with Crippen LogP contribution in [0.4, 0.5) is 4.79 Å². The van der Waals surface area contributed by atoms with Crippen LogP contribution in [0.15, 0.2) is 48.5 Å². The molecule has 2 rings (SSSR count). The number of hydrogen-bond donors (Lipinski definition) is 5. The highest BCUT2D eigenvalue weighted by Gasteiger charge is 2.26. The predicted molar refractivity (Wildman–Crippen MR) is 181 cm³/mol. The van der Waals surface area contributed by atoms with Crippen LogP contribution in [0.1, 0.15) is 83.7 Å². The summed E-state index contributed by atoms with van der Waals surface area (Å²) >= 11 is 0. The SMILES string of the molecule is C[C@@H](O)[C@H](NC(=O)c1ccc(-c2ccc(CCNC(=O)[C@H](CCCNC(=O)OC(C)(C)C)CC(=O)OC(C)(C)C)cc2)cc1)C(=O)CO. The summed E-state index contributed by atoms with van der Waals surface area (Å²) in [6, 6.07) is 13.3. The number of aliphatic hydroxyl groups excluding tert-OH is 2. The fraction of sp³-hybridized carbons (Fsp3) is 0.528. The molecule has 2 aromatic carbocycles. The van der Waals surface area contributed by atoms with Crippen molar-refractivity contribution < 1.29 is 43.7 Å². The molecule has 0 fully saturated rings. The molecule has 48 heavy (non-hydrogen) atoms. The van der Waals surface area contributed by atoms with Gasteiger partial charge in [-0.2, -0.15) is 0 Å². The Balaban J connectivity index is 1.94. The van der Waals surface area contributed by atoms with Gasteiger partial charge in [0, 0.05) is 24.6 Å². The molecule has 264 valence electrons. The number of amides is 3. The Bertz CT molecular complexity index is 1380. The van der Waals surface area contributed by atoms with E-state index in [1.54, 1.807) is 65.8 Å². The van der Waals surface area contributed by atoms with Gasteiger partial charge in [-0.25, -0.2) is 4.79 Å². The molecule has 0 radical (unpaired) electrons. The monoisotopic (exact) mass is 669 g/mol. The van der Waals surface area contributed by atoms with Crippen molar-refractivity contribution in [3.8, 4) is 11.1 Å². The molecule has 0 aliphatic rings. The first-order valence-corrected chi connectivity index (χ1v) is 16.2. The Kier molecular flexibility index (Phi) is 15.2. The molecular formula is C36H51N3O9. The van der Waals surface area contributed by atoms with Gasteiger partial charge in [0.25, 0.3) is 5.91 Å². The Morgan fingerprint density at radius 1 is 0.792 bits per heavy atom. The summed E-state index contributed by atoms with van der Waals surface area (Å²) in [5, 5.41) is 26.9. The molecule has 0 aliphatic heterocycles. The molecule has 0 saturated heterocycles. The van der Waals surface area contributed by atoms with E-state index in [0.29, 0.717) is 37.9 Å². The van der Waals surface area contributed by atoms with Crippen LogP contribution in [0.25, 0.3) is 11.1 Å². The van der Waals surface area contributed by atoms with E-state index in [1.807, 2.05) is 24.3 Å². The molecule has 0 aromatic heterocycles. The third kappa shape index (κ3) is 14.6. The number of esters is 1. The molecular weight excluding hydrogens is 618 g/mol. The number of Topliss-reactive ketones (excluding diaryl/α,β-unsaturated/α-hetero) is 1. The minimum absolute atomic E-state index is 0.0768. The first-order valence-electron chi connectivity index (χ1n) is 16.2. The summed E-state index contributed by atoms with van der Waals surface area (Å²) in [6.45, 7) is 11.8. The number of carbonyl (C=O) groups excluding carboxylic acids is 5. The maximum atomic E-state index is 13.1. The van der Waals surface area contributed by atoms with Crippen molar-refractivity contribution in [1.29, 1.82) is 0 Å². The highest BCUT2D eigenvalue weighted by molar-refractivity contribution is 5.98. The van der Waals surface area contributed by atoms with Gasteiger partial charge in [0.2, 0.25) is 5.91 Å². The van der Waals surface area contributed by atoms with Gasteiger partial charge < -0.3 is 35.6 Å². The summed E-state index contributed by atoms with van der Waals surface area (Å²) in [6.07, 6.45) is -0.370. The summed E-state index contributed by atoms with van der Waals surface area (Å²) in [4.78, 5) is 62.0. The number of benzene rings is 2. The highest BCUT2D eigenvalue weighted by Crippen LogP contribution is 2.21. The van der Waals surface area contributed by atoms with E-state index in [1.165, 1.54) is 6.92 Å². The minimum Gasteiger partial charge on any atom is -0.460 e. The lowest BCUT2D eigenvalue weighted by Crippen LogP contribution is -2.48. The maximum absolute atomic E-state index is 13.1. The predicted octanol–water partition coefficient (Wildman–Crippen LogP) is 3.71. The van der Waals surface area contributed by atoms with Crippen LogP contribution >= 0.6 is 0 Å². The van der Waals surface area contributed by atoms with Crippen LogP contribution in [0.2, 0.25) is 0 Å². The van der Waals surface area contributed by atoms with Gasteiger partial charge in [0.05, 0.1) is 12.5 Å². The molecule has 3 atom stereocenters. The van der Waals surface area contributed by atoms with Gasteiger partial charge in [-0.3, -0.25) is 19.2 Å². The summed E-state index contributed by atoms with van der Waals surface area (Å²) in [5.41, 5.74) is 1.75. The van der Waals surface area contributed by atoms with Gasteiger partial charge in [-0.05, 0) is 96.6 Å². The van der Waals surface area contributed by atoms with Gasteiger partial charge in [0.15, 0.2) is 5.78 Å². The van der Waals surface area contributed by atoms with Crippen molar-refractivity contribution in [1.82, 2.24) is 16.0 Å². The number of nitrogens with one attached hydrogen (secondary N) is 3. The first kappa shape index (κ1) is 39.9. The van der Waals surface area contributed by atoms with Crippen LogP contribution in [0.5, 0.6) is 0 Å². The van der Waals surface area contributed by atoms with Crippen LogP contribution in [0, 0.1) is 5.92 Å². The lowest BCUT2D eigenvalue weighted by Gasteiger charge is -2.22. The zero-order valence-corrected chi connectivity index (χ0v) is 29.1. The second kappa shape index (κ2) is 18.3. The lowest BCUT2D eigenvalue weighted by molar-refractivity contribution is -0.157.